The molecule has 1 saturated carbocycles. The van der Waals surface area contributed by atoms with Crippen LogP contribution in [-0.4, -0.2) is 40.0 Å². The van der Waals surface area contributed by atoms with Crippen LogP contribution in [0.1, 0.15) is 33.1 Å². The molecule has 0 aromatic rings. The quantitative estimate of drug-likeness (QED) is 0.614. The van der Waals surface area contributed by atoms with E-state index in [1.807, 2.05) is 0 Å². The Labute approximate surface area is 99.9 Å². The van der Waals surface area contributed by atoms with Gasteiger partial charge in [0.2, 0.25) is 0 Å². The van der Waals surface area contributed by atoms with E-state index in [2.05, 4.69) is 19.2 Å². The summed E-state index contributed by atoms with van der Waals surface area (Å²) in [4.78, 5) is 0. The monoisotopic (exact) mass is 229 g/mol. The van der Waals surface area contributed by atoms with Crippen LogP contribution in [0.3, 0.4) is 0 Å². The SMILES string of the molecule is COCCNCC(C)(CC(C)OC)C1CC1. The van der Waals surface area contributed by atoms with E-state index in [0.29, 0.717) is 11.5 Å². The van der Waals surface area contributed by atoms with Crippen molar-refractivity contribution in [3.8, 4) is 0 Å². The molecular formula is C13H27NO2. The fourth-order valence-corrected chi connectivity index (χ4v) is 2.45. The Morgan fingerprint density at radius 3 is 2.56 bits per heavy atom. The van der Waals surface area contributed by atoms with Gasteiger partial charge in [0, 0.05) is 27.3 Å². The molecule has 0 aromatic heterocycles. The van der Waals surface area contributed by atoms with Crippen molar-refractivity contribution in [1.29, 1.82) is 0 Å². The van der Waals surface area contributed by atoms with Crippen LogP contribution >= 0.6 is 0 Å². The highest BCUT2D eigenvalue weighted by Crippen LogP contribution is 2.48. The van der Waals surface area contributed by atoms with Gasteiger partial charge < -0.3 is 14.8 Å². The predicted molar refractivity (Wildman–Crippen MR) is 66.7 cm³/mol. The Bertz CT molecular complexity index is 194. The van der Waals surface area contributed by atoms with Gasteiger partial charge in [-0.25, -0.2) is 0 Å². The summed E-state index contributed by atoms with van der Waals surface area (Å²) in [5, 5.41) is 3.50. The third kappa shape index (κ3) is 4.40. The molecule has 0 saturated heterocycles. The molecule has 1 fully saturated rings. The maximum absolute atomic E-state index is 5.40. The summed E-state index contributed by atoms with van der Waals surface area (Å²) in [5.74, 6) is 0.889. The molecule has 0 radical (unpaired) electrons. The molecule has 1 rings (SSSR count). The summed E-state index contributed by atoms with van der Waals surface area (Å²) in [5.41, 5.74) is 0.392. The van der Waals surface area contributed by atoms with Crippen molar-refractivity contribution in [1.82, 2.24) is 5.32 Å². The second kappa shape index (κ2) is 6.58. The molecule has 0 aromatic carbocycles. The summed E-state index contributed by atoms with van der Waals surface area (Å²) < 4.78 is 10.4. The van der Waals surface area contributed by atoms with Crippen molar-refractivity contribution >= 4 is 0 Å². The maximum atomic E-state index is 5.40. The molecule has 0 heterocycles. The zero-order chi connectivity index (χ0) is 12.0. The third-order valence-electron chi connectivity index (χ3n) is 3.73. The number of nitrogens with one attached hydrogen (secondary N) is 1. The average Bonchev–Trinajstić information content (AvgIpc) is 3.08. The lowest BCUT2D eigenvalue weighted by atomic mass is 9.79. The second-order valence-corrected chi connectivity index (χ2v) is 5.35. The largest absolute Gasteiger partial charge is 0.383 e. The van der Waals surface area contributed by atoms with Gasteiger partial charge in [-0.15, -0.1) is 0 Å². The van der Waals surface area contributed by atoms with Gasteiger partial charge in [-0.05, 0) is 37.5 Å². The van der Waals surface area contributed by atoms with E-state index in [1.165, 1.54) is 12.8 Å². The van der Waals surface area contributed by atoms with Crippen LogP contribution in [0.2, 0.25) is 0 Å². The van der Waals surface area contributed by atoms with Crippen molar-refractivity contribution in [2.45, 2.75) is 39.2 Å². The van der Waals surface area contributed by atoms with E-state index < -0.39 is 0 Å². The van der Waals surface area contributed by atoms with Gasteiger partial charge in [-0.1, -0.05) is 6.92 Å². The van der Waals surface area contributed by atoms with Crippen molar-refractivity contribution in [3.63, 3.8) is 0 Å². The first kappa shape index (κ1) is 13.9. The number of methoxy groups -OCH3 is 2. The molecule has 0 aliphatic heterocycles. The molecule has 0 bridgehead atoms. The van der Waals surface area contributed by atoms with E-state index >= 15 is 0 Å². The summed E-state index contributed by atoms with van der Waals surface area (Å²) in [7, 11) is 3.55. The molecule has 96 valence electrons. The van der Waals surface area contributed by atoms with Crippen LogP contribution in [0.15, 0.2) is 0 Å². The minimum absolute atomic E-state index is 0.356. The lowest BCUT2D eigenvalue weighted by Crippen LogP contribution is -2.37. The topological polar surface area (TPSA) is 30.5 Å². The molecule has 0 amide bonds. The van der Waals surface area contributed by atoms with Crippen LogP contribution in [0, 0.1) is 11.3 Å². The average molecular weight is 229 g/mol. The van der Waals surface area contributed by atoms with E-state index in [9.17, 15) is 0 Å². The first-order valence-electron chi connectivity index (χ1n) is 6.35. The smallest absolute Gasteiger partial charge is 0.0587 e. The summed E-state index contributed by atoms with van der Waals surface area (Å²) in [6, 6.07) is 0. The molecule has 3 nitrogen and oxygen atoms in total. The fraction of sp³-hybridized carbons (Fsp3) is 1.00. The highest BCUT2D eigenvalue weighted by molar-refractivity contribution is 4.93. The van der Waals surface area contributed by atoms with Crippen LogP contribution in [-0.2, 0) is 9.47 Å². The molecule has 1 aliphatic carbocycles. The standard InChI is InChI=1S/C13H27NO2/c1-11(16-4)9-13(2,12-5-6-12)10-14-7-8-15-3/h11-12,14H,5-10H2,1-4H3. The molecule has 16 heavy (non-hydrogen) atoms. The Kier molecular flexibility index (Phi) is 5.73. The van der Waals surface area contributed by atoms with Crippen molar-refractivity contribution in [3.05, 3.63) is 0 Å². The zero-order valence-electron chi connectivity index (χ0n) is 11.2. The van der Waals surface area contributed by atoms with Crippen LogP contribution in [0.5, 0.6) is 0 Å². The van der Waals surface area contributed by atoms with Crippen LogP contribution in [0.25, 0.3) is 0 Å². The highest BCUT2D eigenvalue weighted by Gasteiger charge is 2.41. The van der Waals surface area contributed by atoms with Crippen molar-refractivity contribution < 1.29 is 9.47 Å². The number of hydrogen-bond acceptors (Lipinski definition) is 3. The molecule has 0 spiro atoms. The number of rotatable bonds is 9. The Hall–Kier alpha value is -0.120. The molecule has 1 aliphatic rings. The van der Waals surface area contributed by atoms with Gasteiger partial charge in [0.25, 0.3) is 0 Å². The second-order valence-electron chi connectivity index (χ2n) is 5.35. The number of ether oxygens (including phenoxy) is 2. The van der Waals surface area contributed by atoms with Crippen LogP contribution < -0.4 is 5.32 Å². The predicted octanol–water partition coefficient (Wildman–Crippen LogP) is 2.06. The van der Waals surface area contributed by atoms with E-state index in [0.717, 1.165) is 32.0 Å². The lowest BCUT2D eigenvalue weighted by molar-refractivity contribution is 0.0600. The maximum Gasteiger partial charge on any atom is 0.0587 e. The summed E-state index contributed by atoms with van der Waals surface area (Å²) >= 11 is 0. The lowest BCUT2D eigenvalue weighted by Gasteiger charge is -2.32. The minimum Gasteiger partial charge on any atom is -0.383 e. The first-order chi connectivity index (χ1) is 7.62. The highest BCUT2D eigenvalue weighted by atomic mass is 16.5. The Morgan fingerprint density at radius 1 is 1.38 bits per heavy atom. The summed E-state index contributed by atoms with van der Waals surface area (Å²) in [6.07, 6.45) is 4.28. The minimum atomic E-state index is 0.356. The van der Waals surface area contributed by atoms with Gasteiger partial charge in [0.15, 0.2) is 0 Å². The van der Waals surface area contributed by atoms with E-state index in [-0.39, 0.29) is 0 Å². The van der Waals surface area contributed by atoms with Crippen LogP contribution in [0.4, 0.5) is 0 Å². The Morgan fingerprint density at radius 2 is 2.06 bits per heavy atom. The van der Waals surface area contributed by atoms with E-state index in [1.54, 1.807) is 14.2 Å². The molecule has 2 atom stereocenters. The molecule has 3 heteroatoms. The van der Waals surface area contributed by atoms with Gasteiger partial charge in [0.1, 0.15) is 0 Å². The van der Waals surface area contributed by atoms with Gasteiger partial charge in [-0.3, -0.25) is 0 Å². The Balaban J connectivity index is 2.32. The third-order valence-corrected chi connectivity index (χ3v) is 3.73. The molecule has 1 N–H and O–H groups in total. The van der Waals surface area contributed by atoms with Crippen molar-refractivity contribution in [2.75, 3.05) is 33.9 Å². The van der Waals surface area contributed by atoms with Gasteiger partial charge >= 0.3 is 0 Å². The molecular weight excluding hydrogens is 202 g/mol. The van der Waals surface area contributed by atoms with Gasteiger partial charge in [0.05, 0.1) is 12.7 Å². The van der Waals surface area contributed by atoms with E-state index in [4.69, 9.17) is 9.47 Å². The first-order valence-corrected chi connectivity index (χ1v) is 6.35. The fourth-order valence-electron chi connectivity index (χ4n) is 2.45. The van der Waals surface area contributed by atoms with Gasteiger partial charge in [-0.2, -0.15) is 0 Å². The molecule has 2 unspecified atom stereocenters. The van der Waals surface area contributed by atoms with Crippen molar-refractivity contribution in [2.24, 2.45) is 11.3 Å². The normalized spacial score (nSPS) is 21.8. The zero-order valence-corrected chi connectivity index (χ0v) is 11.2. The number of hydrogen-bond donors (Lipinski definition) is 1. The summed E-state index contributed by atoms with van der Waals surface area (Å²) in [6.45, 7) is 7.37.